The summed E-state index contributed by atoms with van der Waals surface area (Å²) in [6, 6.07) is 0. The summed E-state index contributed by atoms with van der Waals surface area (Å²) < 4.78 is 0. The second-order valence-electron chi connectivity index (χ2n) is 6.39. The number of nitrogens with zero attached hydrogens (tertiary/aromatic N) is 3. The molecule has 106 valence electrons. The maximum Gasteiger partial charge on any atom is 0.0649 e. The molecule has 3 nitrogen and oxygen atoms in total. The van der Waals surface area contributed by atoms with Crippen molar-refractivity contribution < 1.29 is 0 Å². The van der Waals surface area contributed by atoms with E-state index in [2.05, 4.69) is 79.4 Å². The van der Waals surface area contributed by atoms with Crippen molar-refractivity contribution in [2.75, 3.05) is 0 Å². The highest BCUT2D eigenvalue weighted by atomic mass is 15.7. The molecule has 20 heavy (non-hydrogen) atoms. The Labute approximate surface area is 121 Å². The van der Waals surface area contributed by atoms with E-state index >= 15 is 0 Å². The zero-order valence-electron chi connectivity index (χ0n) is 12.7. The van der Waals surface area contributed by atoms with E-state index < -0.39 is 0 Å². The zero-order chi connectivity index (χ0) is 14.4. The Morgan fingerprint density at radius 3 is 2.75 bits per heavy atom. The Hall–Kier alpha value is -1.77. The van der Waals surface area contributed by atoms with Crippen LogP contribution in [0.2, 0.25) is 0 Å². The minimum Gasteiger partial charge on any atom is -0.282 e. The molecule has 0 aliphatic carbocycles. The van der Waals surface area contributed by atoms with E-state index in [-0.39, 0.29) is 11.0 Å². The number of hydrazine groups is 1. The molecule has 0 N–H and O–H groups in total. The number of fused-ring (bicyclic) bond motifs is 3. The molecule has 0 amide bonds. The molecule has 3 aliphatic heterocycles. The third kappa shape index (κ3) is 1.55. The lowest BCUT2D eigenvalue weighted by Gasteiger charge is -2.62. The summed E-state index contributed by atoms with van der Waals surface area (Å²) in [7, 11) is 0. The first-order valence-corrected chi connectivity index (χ1v) is 7.31. The summed E-state index contributed by atoms with van der Waals surface area (Å²) in [6.45, 7) is 9.13. The average molecular weight is 269 g/mol. The first kappa shape index (κ1) is 13.2. The molecule has 1 saturated heterocycles. The van der Waals surface area contributed by atoms with Gasteiger partial charge in [0.1, 0.15) is 0 Å². The highest BCUT2D eigenvalue weighted by Crippen LogP contribution is 2.54. The van der Waals surface area contributed by atoms with Crippen molar-refractivity contribution in [2.24, 2.45) is 16.3 Å². The Bertz CT molecular complexity index is 551. The number of hydrogen-bond donors (Lipinski definition) is 0. The lowest BCUT2D eigenvalue weighted by Crippen LogP contribution is -2.65. The van der Waals surface area contributed by atoms with Crippen molar-refractivity contribution in [3.05, 3.63) is 48.6 Å². The molecule has 3 heteroatoms. The van der Waals surface area contributed by atoms with E-state index in [1.54, 1.807) is 0 Å². The van der Waals surface area contributed by atoms with Crippen molar-refractivity contribution in [3.63, 3.8) is 0 Å². The van der Waals surface area contributed by atoms with Gasteiger partial charge in [0.15, 0.2) is 0 Å². The van der Waals surface area contributed by atoms with E-state index in [1.807, 2.05) is 12.4 Å². The first-order valence-electron chi connectivity index (χ1n) is 7.31. The molecule has 0 aromatic carbocycles. The summed E-state index contributed by atoms with van der Waals surface area (Å²) in [6.07, 6.45) is 18.1. The Kier molecular flexibility index (Phi) is 2.89. The Balaban J connectivity index is 2.18. The first-order chi connectivity index (χ1) is 9.52. The minimum atomic E-state index is -0.00600. The largest absolute Gasteiger partial charge is 0.282 e. The van der Waals surface area contributed by atoms with Crippen LogP contribution in [0.15, 0.2) is 53.6 Å². The molecule has 0 aromatic heterocycles. The van der Waals surface area contributed by atoms with Crippen LogP contribution in [0.3, 0.4) is 0 Å². The monoisotopic (exact) mass is 269 g/mol. The third-order valence-corrected chi connectivity index (χ3v) is 5.20. The van der Waals surface area contributed by atoms with E-state index in [4.69, 9.17) is 0 Å². The highest BCUT2D eigenvalue weighted by Gasteiger charge is 2.55. The molecular formula is C17H23N3. The van der Waals surface area contributed by atoms with Gasteiger partial charge < -0.3 is 0 Å². The predicted molar refractivity (Wildman–Crippen MR) is 83.6 cm³/mol. The van der Waals surface area contributed by atoms with Crippen LogP contribution in [-0.4, -0.2) is 21.8 Å². The smallest absolute Gasteiger partial charge is 0.0649 e. The van der Waals surface area contributed by atoms with E-state index in [0.29, 0.717) is 5.92 Å². The van der Waals surface area contributed by atoms with Gasteiger partial charge in [-0.1, -0.05) is 19.1 Å². The van der Waals surface area contributed by atoms with Gasteiger partial charge >= 0.3 is 0 Å². The van der Waals surface area contributed by atoms with Crippen LogP contribution in [-0.2, 0) is 0 Å². The fourth-order valence-electron chi connectivity index (χ4n) is 3.69. The normalized spacial score (nSPS) is 34.2. The van der Waals surface area contributed by atoms with E-state index in [9.17, 15) is 0 Å². The second-order valence-corrected chi connectivity index (χ2v) is 6.39. The summed E-state index contributed by atoms with van der Waals surface area (Å²) in [5, 5.41) is 4.59. The van der Waals surface area contributed by atoms with Gasteiger partial charge in [0.25, 0.3) is 0 Å². The number of allylic oxidation sites excluding steroid dienone is 4. The molecule has 2 atom stereocenters. The van der Waals surface area contributed by atoms with Crippen molar-refractivity contribution in [3.8, 4) is 0 Å². The van der Waals surface area contributed by atoms with Gasteiger partial charge in [-0.15, -0.1) is 0 Å². The summed E-state index contributed by atoms with van der Waals surface area (Å²) in [5.74, 6) is 0.457. The van der Waals surface area contributed by atoms with Crippen molar-refractivity contribution in [2.45, 2.75) is 39.7 Å². The number of rotatable bonds is 1. The standard InChI is InChI=1S/C17H23N3/c1-5-9-17(4)14-8-10-18-13-15(14)19-11-6-7-12-20(19)16(17,2)3/h5-7,9-14H,8H2,1-4H3. The molecule has 3 aliphatic rings. The average Bonchev–Trinajstić information content (AvgIpc) is 2.46. The second kappa shape index (κ2) is 4.37. The maximum atomic E-state index is 4.39. The van der Waals surface area contributed by atoms with Crippen molar-refractivity contribution in [1.82, 2.24) is 10.0 Å². The van der Waals surface area contributed by atoms with Crippen LogP contribution >= 0.6 is 0 Å². The predicted octanol–water partition coefficient (Wildman–Crippen LogP) is 3.85. The summed E-state index contributed by atoms with van der Waals surface area (Å²) in [5.41, 5.74) is 1.34. The zero-order valence-corrected chi connectivity index (χ0v) is 12.7. The van der Waals surface area contributed by atoms with Gasteiger partial charge in [0.05, 0.1) is 11.2 Å². The van der Waals surface area contributed by atoms with Gasteiger partial charge in [0.2, 0.25) is 0 Å². The number of hydrogen-bond acceptors (Lipinski definition) is 3. The van der Waals surface area contributed by atoms with Crippen LogP contribution < -0.4 is 0 Å². The molecule has 0 bridgehead atoms. The fraction of sp³-hybridized carbons (Fsp3) is 0.471. The summed E-state index contributed by atoms with van der Waals surface area (Å²) in [4.78, 5) is 4.39. The van der Waals surface area contributed by atoms with Crippen LogP contribution in [0.5, 0.6) is 0 Å². The quantitative estimate of drug-likeness (QED) is 0.673. The SMILES string of the molecule is CC=CC1(C)C2CC=NC=C2N2C=CC=CN2C1(C)C. The van der Waals surface area contributed by atoms with Gasteiger partial charge in [-0.25, -0.2) is 0 Å². The molecule has 1 fully saturated rings. The number of aliphatic imine (C=N–C) groups is 1. The molecule has 3 rings (SSSR count). The molecule has 0 aromatic rings. The van der Waals surface area contributed by atoms with Gasteiger partial charge in [-0.05, 0) is 39.3 Å². The highest BCUT2D eigenvalue weighted by molar-refractivity contribution is 5.62. The van der Waals surface area contributed by atoms with E-state index in [0.717, 1.165) is 6.42 Å². The molecular weight excluding hydrogens is 246 g/mol. The van der Waals surface area contributed by atoms with Crippen LogP contribution in [0.1, 0.15) is 34.1 Å². The lowest BCUT2D eigenvalue weighted by atomic mass is 9.60. The van der Waals surface area contributed by atoms with Crippen molar-refractivity contribution >= 4 is 6.21 Å². The third-order valence-electron chi connectivity index (χ3n) is 5.20. The maximum absolute atomic E-state index is 4.39. The lowest BCUT2D eigenvalue weighted by molar-refractivity contribution is -0.113. The molecule has 3 heterocycles. The minimum absolute atomic E-state index is 0.00600. The van der Waals surface area contributed by atoms with Crippen molar-refractivity contribution in [1.29, 1.82) is 0 Å². The van der Waals surface area contributed by atoms with Gasteiger partial charge in [-0.3, -0.25) is 15.0 Å². The topological polar surface area (TPSA) is 18.8 Å². The van der Waals surface area contributed by atoms with E-state index in [1.165, 1.54) is 5.70 Å². The van der Waals surface area contributed by atoms with Gasteiger partial charge in [0, 0.05) is 36.1 Å². The summed E-state index contributed by atoms with van der Waals surface area (Å²) >= 11 is 0. The van der Waals surface area contributed by atoms with Crippen LogP contribution in [0.25, 0.3) is 0 Å². The molecule has 0 saturated carbocycles. The Morgan fingerprint density at radius 2 is 2.00 bits per heavy atom. The van der Waals surface area contributed by atoms with Gasteiger partial charge in [-0.2, -0.15) is 0 Å². The molecule has 0 spiro atoms. The molecule has 2 unspecified atom stereocenters. The molecule has 0 radical (unpaired) electrons. The van der Waals surface area contributed by atoms with Crippen LogP contribution in [0.4, 0.5) is 0 Å². The van der Waals surface area contributed by atoms with Crippen LogP contribution in [0, 0.1) is 11.3 Å². The fourth-order valence-corrected chi connectivity index (χ4v) is 3.69. The Morgan fingerprint density at radius 1 is 1.25 bits per heavy atom.